The third-order valence-corrected chi connectivity index (χ3v) is 5.60. The van der Waals surface area contributed by atoms with Crippen LogP contribution in [0.3, 0.4) is 0 Å². The van der Waals surface area contributed by atoms with Crippen molar-refractivity contribution in [3.05, 3.63) is 18.0 Å². The van der Waals surface area contributed by atoms with Crippen molar-refractivity contribution in [2.75, 3.05) is 10.7 Å². The lowest BCUT2D eigenvalue weighted by atomic mass is 10.3. The van der Waals surface area contributed by atoms with E-state index in [0.717, 1.165) is 41.0 Å². The molecule has 1 aliphatic carbocycles. The zero-order valence-electron chi connectivity index (χ0n) is 12.7. The molecule has 1 amide bonds. The van der Waals surface area contributed by atoms with Crippen molar-refractivity contribution in [1.82, 2.24) is 20.0 Å². The summed E-state index contributed by atoms with van der Waals surface area (Å²) in [4.78, 5) is 13.5. The van der Waals surface area contributed by atoms with Crippen LogP contribution in [0.5, 0.6) is 0 Å². The van der Waals surface area contributed by atoms with Crippen LogP contribution in [0.4, 0.5) is 5.13 Å². The first-order chi connectivity index (χ1) is 10.7. The molecule has 0 spiro atoms. The van der Waals surface area contributed by atoms with Crippen molar-refractivity contribution in [3.63, 3.8) is 0 Å². The van der Waals surface area contributed by atoms with E-state index in [0.29, 0.717) is 6.04 Å². The molecule has 0 saturated heterocycles. The summed E-state index contributed by atoms with van der Waals surface area (Å²) >= 11 is 3.19. The van der Waals surface area contributed by atoms with Crippen molar-refractivity contribution >= 4 is 34.1 Å². The van der Waals surface area contributed by atoms with Gasteiger partial charge in [-0.2, -0.15) is 5.10 Å². The molecule has 118 valence electrons. The van der Waals surface area contributed by atoms with Crippen molar-refractivity contribution < 1.29 is 4.79 Å². The minimum Gasteiger partial charge on any atom is -0.284 e. The second-order valence-corrected chi connectivity index (χ2v) is 7.51. The lowest BCUT2D eigenvalue weighted by Gasteiger charge is -2.15. The van der Waals surface area contributed by atoms with Gasteiger partial charge in [0.1, 0.15) is 0 Å². The van der Waals surface area contributed by atoms with Gasteiger partial charge in [-0.15, -0.1) is 10.2 Å². The first kappa shape index (κ1) is 15.5. The number of carbonyl (C=O) groups is 1. The quantitative estimate of drug-likeness (QED) is 0.574. The Balaban J connectivity index is 1.56. The van der Waals surface area contributed by atoms with Gasteiger partial charge >= 0.3 is 0 Å². The minimum absolute atomic E-state index is 0.0575. The Labute approximate surface area is 137 Å². The number of thioether (sulfide) groups is 1. The van der Waals surface area contributed by atoms with Crippen LogP contribution in [0.2, 0.25) is 0 Å². The molecular formula is C14H19N5OS2. The Morgan fingerprint density at radius 1 is 1.50 bits per heavy atom. The molecule has 0 aliphatic heterocycles. The predicted molar refractivity (Wildman–Crippen MR) is 88.4 cm³/mol. The van der Waals surface area contributed by atoms with Gasteiger partial charge in [-0.25, -0.2) is 0 Å². The molecule has 0 unspecified atom stereocenters. The number of carbonyl (C=O) groups excluding carboxylic acids is 1. The van der Waals surface area contributed by atoms with Crippen molar-refractivity contribution in [1.29, 1.82) is 0 Å². The molecule has 0 bridgehead atoms. The minimum atomic E-state index is 0.0575. The van der Waals surface area contributed by atoms with Gasteiger partial charge in [0, 0.05) is 37.2 Å². The van der Waals surface area contributed by atoms with Gasteiger partial charge in [-0.05, 0) is 32.3 Å². The van der Waals surface area contributed by atoms with E-state index in [1.54, 1.807) is 23.6 Å². The van der Waals surface area contributed by atoms with Crippen molar-refractivity contribution in [3.8, 4) is 0 Å². The van der Waals surface area contributed by atoms with Crippen LogP contribution < -0.4 is 4.90 Å². The fraction of sp³-hybridized carbons (Fsp3) is 0.571. The SMILES string of the molecule is CCn1nccc1CCSc1nnc(N(C(C)=O)C2CC2)s1. The molecule has 6 nitrogen and oxygen atoms in total. The summed E-state index contributed by atoms with van der Waals surface area (Å²) in [6.45, 7) is 4.58. The van der Waals surface area contributed by atoms with Gasteiger partial charge in [0.25, 0.3) is 0 Å². The molecule has 1 fully saturated rings. The number of rotatable bonds is 7. The van der Waals surface area contributed by atoms with Crippen molar-refractivity contribution in [2.24, 2.45) is 0 Å². The van der Waals surface area contributed by atoms with Gasteiger partial charge in [0.05, 0.1) is 0 Å². The van der Waals surface area contributed by atoms with Gasteiger partial charge in [0.15, 0.2) is 4.34 Å². The third kappa shape index (κ3) is 3.49. The number of hydrogen-bond donors (Lipinski definition) is 0. The molecule has 3 rings (SSSR count). The van der Waals surface area contributed by atoms with E-state index in [4.69, 9.17) is 0 Å². The third-order valence-electron chi connectivity index (χ3n) is 3.54. The maximum Gasteiger partial charge on any atom is 0.225 e. The number of anilines is 1. The number of amides is 1. The molecule has 2 heterocycles. The maximum atomic E-state index is 11.7. The lowest BCUT2D eigenvalue weighted by Crippen LogP contribution is -2.30. The summed E-state index contributed by atoms with van der Waals surface area (Å²) in [7, 11) is 0. The summed E-state index contributed by atoms with van der Waals surface area (Å²) in [5, 5.41) is 13.4. The highest BCUT2D eigenvalue weighted by molar-refractivity contribution is 8.01. The highest BCUT2D eigenvalue weighted by atomic mass is 32.2. The summed E-state index contributed by atoms with van der Waals surface area (Å²) in [5.74, 6) is 0.992. The Bertz CT molecular complexity index is 649. The van der Waals surface area contributed by atoms with Gasteiger partial charge < -0.3 is 0 Å². The Morgan fingerprint density at radius 2 is 2.32 bits per heavy atom. The average Bonchev–Trinajstić information content (AvgIpc) is 3.03. The molecule has 0 radical (unpaired) electrons. The van der Waals surface area contributed by atoms with E-state index in [1.807, 2.05) is 10.9 Å². The fourth-order valence-corrected chi connectivity index (χ4v) is 4.33. The van der Waals surface area contributed by atoms with E-state index >= 15 is 0 Å². The molecule has 0 N–H and O–H groups in total. The van der Waals surface area contributed by atoms with Crippen LogP contribution >= 0.6 is 23.1 Å². The second kappa shape index (κ2) is 6.78. The lowest BCUT2D eigenvalue weighted by molar-refractivity contribution is -0.116. The summed E-state index contributed by atoms with van der Waals surface area (Å²) in [6.07, 6.45) is 4.94. The molecule has 8 heteroatoms. The van der Waals surface area contributed by atoms with Gasteiger partial charge in [-0.3, -0.25) is 14.4 Å². The van der Waals surface area contributed by atoms with Crippen LogP contribution in [-0.4, -0.2) is 37.7 Å². The van der Waals surface area contributed by atoms with Crippen LogP contribution in [0.25, 0.3) is 0 Å². The molecule has 22 heavy (non-hydrogen) atoms. The van der Waals surface area contributed by atoms with E-state index < -0.39 is 0 Å². The van der Waals surface area contributed by atoms with Gasteiger partial charge in [0.2, 0.25) is 11.0 Å². The number of aryl methyl sites for hydroxylation is 2. The van der Waals surface area contributed by atoms with Crippen LogP contribution in [0.1, 0.15) is 32.4 Å². The van der Waals surface area contributed by atoms with Gasteiger partial charge in [-0.1, -0.05) is 23.1 Å². The average molecular weight is 337 g/mol. The molecule has 2 aromatic heterocycles. The monoisotopic (exact) mass is 337 g/mol. The zero-order valence-corrected chi connectivity index (χ0v) is 14.4. The Morgan fingerprint density at radius 3 is 3.00 bits per heavy atom. The van der Waals surface area contributed by atoms with E-state index in [1.165, 1.54) is 17.0 Å². The summed E-state index contributed by atoms with van der Waals surface area (Å²) in [6, 6.07) is 2.39. The number of nitrogens with zero attached hydrogens (tertiary/aromatic N) is 5. The number of aromatic nitrogens is 4. The predicted octanol–water partition coefficient (Wildman–Crippen LogP) is 2.60. The zero-order chi connectivity index (χ0) is 15.5. The highest BCUT2D eigenvalue weighted by Crippen LogP contribution is 2.35. The van der Waals surface area contributed by atoms with Crippen LogP contribution in [0, 0.1) is 0 Å². The molecule has 0 aromatic carbocycles. The molecule has 1 aliphatic rings. The molecule has 0 atom stereocenters. The molecular weight excluding hydrogens is 318 g/mol. The second-order valence-electron chi connectivity index (χ2n) is 5.21. The number of hydrogen-bond acceptors (Lipinski definition) is 6. The fourth-order valence-electron chi connectivity index (χ4n) is 2.34. The summed E-state index contributed by atoms with van der Waals surface area (Å²) in [5.41, 5.74) is 1.24. The smallest absolute Gasteiger partial charge is 0.225 e. The van der Waals surface area contributed by atoms with E-state index in [9.17, 15) is 4.79 Å². The Hall–Kier alpha value is -1.41. The Kier molecular flexibility index (Phi) is 4.77. The highest BCUT2D eigenvalue weighted by Gasteiger charge is 2.34. The van der Waals surface area contributed by atoms with Crippen molar-refractivity contribution in [2.45, 2.75) is 50.0 Å². The van der Waals surface area contributed by atoms with Crippen LogP contribution in [-0.2, 0) is 17.8 Å². The first-order valence-corrected chi connectivity index (χ1v) is 9.26. The van der Waals surface area contributed by atoms with E-state index in [-0.39, 0.29) is 5.91 Å². The summed E-state index contributed by atoms with van der Waals surface area (Å²) < 4.78 is 2.93. The first-order valence-electron chi connectivity index (χ1n) is 7.45. The largest absolute Gasteiger partial charge is 0.284 e. The standard InChI is InChI=1S/C14H19N5OS2/c1-3-18-11(6-8-15-18)7-9-21-14-17-16-13(22-14)19(10(2)20)12-4-5-12/h6,8,12H,3-5,7,9H2,1-2H3. The maximum absolute atomic E-state index is 11.7. The topological polar surface area (TPSA) is 63.9 Å². The molecule has 2 aromatic rings. The normalized spacial score (nSPS) is 14.3. The molecule has 1 saturated carbocycles. The van der Waals surface area contributed by atoms with E-state index in [2.05, 4.69) is 28.3 Å². The van der Waals surface area contributed by atoms with Crippen LogP contribution in [0.15, 0.2) is 16.6 Å².